The summed E-state index contributed by atoms with van der Waals surface area (Å²) < 4.78 is 25.9. The van der Waals surface area contributed by atoms with Crippen LogP contribution < -0.4 is 4.72 Å². The molecule has 0 heterocycles. The quantitative estimate of drug-likeness (QED) is 0.675. The predicted molar refractivity (Wildman–Crippen MR) is 56.6 cm³/mol. The topological polar surface area (TPSA) is 86.7 Å². The number of carboxylic acids is 1. The Kier molecular flexibility index (Phi) is 5.19. The number of nitrogens with zero attached hydrogens (tertiary/aromatic N) is 1. The van der Waals surface area contributed by atoms with Gasteiger partial charge >= 0.3 is 5.97 Å². The van der Waals surface area contributed by atoms with Crippen LogP contribution in [0.3, 0.4) is 0 Å². The third kappa shape index (κ3) is 4.15. The predicted octanol–water partition coefficient (Wildman–Crippen LogP) is -0.118. The first kappa shape index (κ1) is 14.3. The Morgan fingerprint density at radius 1 is 1.47 bits per heavy atom. The maximum atomic E-state index is 11.4. The summed E-state index contributed by atoms with van der Waals surface area (Å²) in [5, 5.41) is 8.87. The molecule has 0 aliphatic carbocycles. The average molecular weight is 238 g/mol. The number of hydrogen-bond acceptors (Lipinski definition) is 3. The van der Waals surface area contributed by atoms with Crippen molar-refractivity contribution < 1.29 is 18.3 Å². The number of hydrogen-bond donors (Lipinski definition) is 2. The number of carboxylic acid groups (broad SMARTS) is 1. The van der Waals surface area contributed by atoms with Gasteiger partial charge in [-0.3, -0.25) is 4.79 Å². The van der Waals surface area contributed by atoms with Crippen LogP contribution >= 0.6 is 0 Å². The minimum atomic E-state index is -3.70. The van der Waals surface area contributed by atoms with Crippen molar-refractivity contribution >= 4 is 16.2 Å². The summed E-state index contributed by atoms with van der Waals surface area (Å²) in [6, 6.07) is -1.08. The van der Waals surface area contributed by atoms with Crippen LogP contribution in [0, 0.1) is 5.92 Å². The summed E-state index contributed by atoms with van der Waals surface area (Å²) in [6.07, 6.45) is 0.590. The zero-order valence-corrected chi connectivity index (χ0v) is 10.2. The molecule has 0 fully saturated rings. The van der Waals surface area contributed by atoms with Gasteiger partial charge in [0.2, 0.25) is 0 Å². The van der Waals surface area contributed by atoms with Crippen molar-refractivity contribution in [3.63, 3.8) is 0 Å². The van der Waals surface area contributed by atoms with Gasteiger partial charge < -0.3 is 5.11 Å². The van der Waals surface area contributed by atoms with E-state index in [1.54, 1.807) is 6.92 Å². The molecule has 7 heteroatoms. The van der Waals surface area contributed by atoms with E-state index in [2.05, 4.69) is 4.72 Å². The molecule has 0 spiro atoms. The second-order valence-electron chi connectivity index (χ2n) is 3.61. The molecular weight excluding hydrogens is 220 g/mol. The van der Waals surface area contributed by atoms with Crippen LogP contribution in [-0.4, -0.2) is 43.9 Å². The Morgan fingerprint density at radius 3 is 2.20 bits per heavy atom. The van der Waals surface area contributed by atoms with Crippen molar-refractivity contribution in [1.82, 2.24) is 9.03 Å². The standard InChI is InChI=1S/C8H18N2O4S/c1-5-6(2)7(8(11)12)9-15(13,14)10(3)4/h6-7,9H,5H2,1-4H3,(H,11,12)/t6?,7-/m0/s1. The molecule has 0 rings (SSSR count). The van der Waals surface area contributed by atoms with E-state index in [0.29, 0.717) is 6.42 Å². The number of aliphatic carboxylic acids is 1. The molecule has 90 valence electrons. The Morgan fingerprint density at radius 2 is 1.93 bits per heavy atom. The molecule has 0 radical (unpaired) electrons. The van der Waals surface area contributed by atoms with E-state index in [4.69, 9.17) is 5.11 Å². The van der Waals surface area contributed by atoms with Crippen LogP contribution in [0.2, 0.25) is 0 Å². The Bertz CT molecular complexity index is 313. The number of nitrogens with one attached hydrogen (secondary N) is 1. The molecule has 2 N–H and O–H groups in total. The molecule has 0 aliphatic heterocycles. The summed E-state index contributed by atoms with van der Waals surface area (Å²) in [6.45, 7) is 3.50. The lowest BCUT2D eigenvalue weighted by atomic mass is 10.0. The van der Waals surface area contributed by atoms with E-state index < -0.39 is 22.2 Å². The largest absolute Gasteiger partial charge is 0.480 e. The molecule has 0 aromatic rings. The SMILES string of the molecule is CCC(C)[C@H](NS(=O)(=O)N(C)C)C(=O)O. The summed E-state index contributed by atoms with van der Waals surface area (Å²) in [5.74, 6) is -1.41. The lowest BCUT2D eigenvalue weighted by Gasteiger charge is -2.22. The lowest BCUT2D eigenvalue weighted by Crippen LogP contribution is -2.48. The minimum absolute atomic E-state index is 0.253. The summed E-state index contributed by atoms with van der Waals surface area (Å²) in [4.78, 5) is 10.9. The Hall–Kier alpha value is -0.660. The normalized spacial score (nSPS) is 16.3. The highest BCUT2D eigenvalue weighted by Crippen LogP contribution is 2.09. The van der Waals surface area contributed by atoms with Crippen molar-refractivity contribution in [3.8, 4) is 0 Å². The van der Waals surface area contributed by atoms with Gasteiger partial charge in [-0.25, -0.2) is 0 Å². The maximum absolute atomic E-state index is 11.4. The highest BCUT2D eigenvalue weighted by atomic mass is 32.2. The lowest BCUT2D eigenvalue weighted by molar-refractivity contribution is -0.140. The third-order valence-corrected chi connectivity index (χ3v) is 3.75. The van der Waals surface area contributed by atoms with Crippen LogP contribution in [0.1, 0.15) is 20.3 Å². The van der Waals surface area contributed by atoms with Crippen LogP contribution in [0.4, 0.5) is 0 Å². The highest BCUT2D eigenvalue weighted by Gasteiger charge is 2.29. The number of carbonyl (C=O) groups is 1. The van der Waals surface area contributed by atoms with Gasteiger partial charge in [-0.05, 0) is 5.92 Å². The maximum Gasteiger partial charge on any atom is 0.322 e. The zero-order valence-electron chi connectivity index (χ0n) is 9.39. The fourth-order valence-electron chi connectivity index (χ4n) is 0.912. The van der Waals surface area contributed by atoms with Crippen molar-refractivity contribution in [2.24, 2.45) is 5.92 Å². The van der Waals surface area contributed by atoms with Crippen molar-refractivity contribution in [2.75, 3.05) is 14.1 Å². The Labute approximate surface area is 90.5 Å². The molecule has 2 atom stereocenters. The molecule has 0 bridgehead atoms. The molecule has 0 aliphatic rings. The molecule has 0 saturated carbocycles. The van der Waals surface area contributed by atoms with Gasteiger partial charge in [0.05, 0.1) is 0 Å². The van der Waals surface area contributed by atoms with Gasteiger partial charge in [-0.2, -0.15) is 17.4 Å². The fourth-order valence-corrected chi connectivity index (χ4v) is 1.78. The molecule has 15 heavy (non-hydrogen) atoms. The van der Waals surface area contributed by atoms with Gasteiger partial charge in [0.25, 0.3) is 10.2 Å². The fraction of sp³-hybridized carbons (Fsp3) is 0.875. The van der Waals surface area contributed by atoms with Crippen molar-refractivity contribution in [2.45, 2.75) is 26.3 Å². The zero-order chi connectivity index (χ0) is 12.2. The molecule has 0 aromatic heterocycles. The van der Waals surface area contributed by atoms with Crippen LogP contribution in [0.25, 0.3) is 0 Å². The van der Waals surface area contributed by atoms with E-state index in [9.17, 15) is 13.2 Å². The third-order valence-electron chi connectivity index (χ3n) is 2.24. The van der Waals surface area contributed by atoms with Crippen LogP contribution in [-0.2, 0) is 15.0 Å². The first-order chi connectivity index (χ1) is 6.72. The average Bonchev–Trinajstić information content (AvgIpc) is 2.12. The van der Waals surface area contributed by atoms with Gasteiger partial charge in [0.1, 0.15) is 6.04 Å². The summed E-state index contributed by atoms with van der Waals surface area (Å²) in [7, 11) is -1.00. The number of rotatable bonds is 6. The molecule has 0 amide bonds. The van der Waals surface area contributed by atoms with Gasteiger partial charge in [-0.1, -0.05) is 20.3 Å². The molecule has 0 aromatic carbocycles. The van der Waals surface area contributed by atoms with E-state index in [0.717, 1.165) is 4.31 Å². The smallest absolute Gasteiger partial charge is 0.322 e. The molecule has 6 nitrogen and oxygen atoms in total. The minimum Gasteiger partial charge on any atom is -0.480 e. The highest BCUT2D eigenvalue weighted by molar-refractivity contribution is 7.87. The van der Waals surface area contributed by atoms with Crippen LogP contribution in [0.5, 0.6) is 0 Å². The van der Waals surface area contributed by atoms with Gasteiger partial charge in [-0.15, -0.1) is 0 Å². The molecule has 1 unspecified atom stereocenters. The monoisotopic (exact) mass is 238 g/mol. The Balaban J connectivity index is 4.78. The first-order valence-corrected chi connectivity index (χ1v) is 6.09. The second kappa shape index (κ2) is 5.43. The van der Waals surface area contributed by atoms with Crippen molar-refractivity contribution in [3.05, 3.63) is 0 Å². The van der Waals surface area contributed by atoms with E-state index in [-0.39, 0.29) is 5.92 Å². The van der Waals surface area contributed by atoms with Gasteiger partial charge in [0.15, 0.2) is 0 Å². The molecule has 0 saturated heterocycles. The summed E-state index contributed by atoms with van der Waals surface area (Å²) in [5.41, 5.74) is 0. The van der Waals surface area contributed by atoms with Gasteiger partial charge in [0, 0.05) is 14.1 Å². The van der Waals surface area contributed by atoms with Crippen molar-refractivity contribution in [1.29, 1.82) is 0 Å². The van der Waals surface area contributed by atoms with E-state index >= 15 is 0 Å². The first-order valence-electron chi connectivity index (χ1n) is 4.65. The molecular formula is C8H18N2O4S. The van der Waals surface area contributed by atoms with E-state index in [1.807, 2.05) is 6.92 Å². The summed E-state index contributed by atoms with van der Waals surface area (Å²) >= 11 is 0. The second-order valence-corrected chi connectivity index (χ2v) is 5.52. The van der Waals surface area contributed by atoms with E-state index in [1.165, 1.54) is 14.1 Å². The van der Waals surface area contributed by atoms with Crippen LogP contribution in [0.15, 0.2) is 0 Å².